The Hall–Kier alpha value is -1.87. The van der Waals surface area contributed by atoms with Gasteiger partial charge in [0.2, 0.25) is 0 Å². The topological polar surface area (TPSA) is 68.9 Å². The molecule has 2 aromatic rings. The van der Waals surface area contributed by atoms with Crippen molar-refractivity contribution >= 4 is 35.6 Å². The maximum absolute atomic E-state index is 13.7. The summed E-state index contributed by atoms with van der Waals surface area (Å²) >= 11 is 0. The van der Waals surface area contributed by atoms with Crippen LogP contribution in [0, 0.1) is 12.7 Å². The van der Waals surface area contributed by atoms with E-state index in [0.717, 1.165) is 22.4 Å². The first-order chi connectivity index (χ1) is 11.6. The Labute approximate surface area is 163 Å². The van der Waals surface area contributed by atoms with Gasteiger partial charge in [-0.1, -0.05) is 12.1 Å². The van der Waals surface area contributed by atoms with Crippen LogP contribution in [-0.4, -0.2) is 19.3 Å². The molecular weight excluding hydrogens is 436 g/mol. The van der Waals surface area contributed by atoms with Gasteiger partial charge < -0.3 is 20.5 Å². The zero-order valence-corrected chi connectivity index (χ0v) is 16.3. The Morgan fingerprint density at radius 2 is 2.16 bits per heavy atom. The minimum absolute atomic E-state index is 0. The Morgan fingerprint density at radius 1 is 1.32 bits per heavy atom. The molecule has 3 N–H and O–H groups in total. The lowest BCUT2D eigenvalue weighted by Crippen LogP contribution is -2.23. The largest absolute Gasteiger partial charge is 0.467 e. The highest BCUT2D eigenvalue weighted by atomic mass is 127. The number of ether oxygens (including phenoxy) is 2. The predicted molar refractivity (Wildman–Crippen MR) is 107 cm³/mol. The lowest BCUT2D eigenvalue weighted by Gasteiger charge is -2.20. The molecule has 1 heterocycles. The summed E-state index contributed by atoms with van der Waals surface area (Å²) in [6, 6.07) is 10.8. The van der Waals surface area contributed by atoms with Crippen LogP contribution < -0.4 is 15.8 Å². The fourth-order valence-electron chi connectivity index (χ4n) is 2.65. The van der Waals surface area contributed by atoms with Crippen LogP contribution in [0.5, 0.6) is 5.75 Å². The van der Waals surface area contributed by atoms with Crippen molar-refractivity contribution in [2.75, 3.05) is 18.7 Å². The SMILES string of the molecule is Cc1cccc(NC(N)=NCCc2cc(F)cc3c2OCOC3)c1.I. The van der Waals surface area contributed by atoms with Crippen LogP contribution in [-0.2, 0) is 17.8 Å². The number of hydrogen-bond acceptors (Lipinski definition) is 3. The van der Waals surface area contributed by atoms with Gasteiger partial charge in [-0.3, -0.25) is 4.99 Å². The van der Waals surface area contributed by atoms with Crippen LogP contribution in [0.25, 0.3) is 0 Å². The third kappa shape index (κ3) is 5.30. The van der Waals surface area contributed by atoms with E-state index < -0.39 is 0 Å². The van der Waals surface area contributed by atoms with Gasteiger partial charge in [0, 0.05) is 17.8 Å². The third-order valence-corrected chi connectivity index (χ3v) is 3.71. The maximum atomic E-state index is 13.7. The quantitative estimate of drug-likeness (QED) is 0.419. The average Bonchev–Trinajstić information content (AvgIpc) is 2.54. The second-order valence-electron chi connectivity index (χ2n) is 5.68. The summed E-state index contributed by atoms with van der Waals surface area (Å²) in [5.74, 6) is 0.728. The van der Waals surface area contributed by atoms with Crippen molar-refractivity contribution in [1.29, 1.82) is 0 Å². The molecule has 0 aromatic heterocycles. The lowest BCUT2D eigenvalue weighted by molar-refractivity contribution is -0.0172. The van der Waals surface area contributed by atoms with E-state index in [1.54, 1.807) is 0 Å². The summed E-state index contributed by atoms with van der Waals surface area (Å²) in [6.45, 7) is 2.99. The van der Waals surface area contributed by atoms with Gasteiger partial charge in [0.1, 0.15) is 11.6 Å². The number of anilines is 1. The molecule has 0 saturated carbocycles. The normalized spacial score (nSPS) is 13.4. The molecule has 7 heteroatoms. The number of hydrogen-bond donors (Lipinski definition) is 2. The lowest BCUT2D eigenvalue weighted by atomic mass is 10.1. The molecule has 5 nitrogen and oxygen atoms in total. The van der Waals surface area contributed by atoms with E-state index in [1.807, 2.05) is 31.2 Å². The zero-order valence-electron chi connectivity index (χ0n) is 13.9. The van der Waals surface area contributed by atoms with E-state index in [2.05, 4.69) is 10.3 Å². The molecule has 0 radical (unpaired) electrons. The monoisotopic (exact) mass is 457 g/mol. The van der Waals surface area contributed by atoms with E-state index in [9.17, 15) is 4.39 Å². The van der Waals surface area contributed by atoms with Crippen molar-refractivity contribution in [2.45, 2.75) is 20.0 Å². The highest BCUT2D eigenvalue weighted by Gasteiger charge is 2.16. The van der Waals surface area contributed by atoms with E-state index >= 15 is 0 Å². The first-order valence-corrected chi connectivity index (χ1v) is 7.77. The molecule has 0 saturated heterocycles. The van der Waals surface area contributed by atoms with Crippen molar-refractivity contribution in [1.82, 2.24) is 0 Å². The first kappa shape index (κ1) is 19.5. The molecule has 3 rings (SSSR count). The number of aryl methyl sites for hydroxylation is 1. The Balaban J connectivity index is 0.00000225. The number of benzene rings is 2. The minimum Gasteiger partial charge on any atom is -0.467 e. The van der Waals surface area contributed by atoms with Crippen LogP contribution in [0.1, 0.15) is 16.7 Å². The maximum Gasteiger partial charge on any atom is 0.193 e. The summed E-state index contributed by atoms with van der Waals surface area (Å²) in [5.41, 5.74) is 9.43. The molecule has 1 aliphatic rings. The number of halogens is 2. The Bertz CT molecular complexity index is 768. The van der Waals surface area contributed by atoms with E-state index in [1.165, 1.54) is 12.1 Å². The van der Waals surface area contributed by atoms with E-state index in [4.69, 9.17) is 15.2 Å². The molecule has 0 spiro atoms. The van der Waals surface area contributed by atoms with Crippen LogP contribution >= 0.6 is 24.0 Å². The smallest absolute Gasteiger partial charge is 0.193 e. The van der Waals surface area contributed by atoms with Crippen LogP contribution in [0.3, 0.4) is 0 Å². The van der Waals surface area contributed by atoms with Crippen LogP contribution in [0.15, 0.2) is 41.4 Å². The minimum atomic E-state index is -0.298. The van der Waals surface area contributed by atoms with Gasteiger partial charge >= 0.3 is 0 Å². The van der Waals surface area contributed by atoms with Gasteiger partial charge in [-0.2, -0.15) is 0 Å². The predicted octanol–water partition coefficient (Wildman–Crippen LogP) is 3.59. The van der Waals surface area contributed by atoms with Gasteiger partial charge in [0.05, 0.1) is 6.61 Å². The van der Waals surface area contributed by atoms with Gasteiger partial charge in [-0.05, 0) is 48.7 Å². The highest BCUT2D eigenvalue weighted by molar-refractivity contribution is 14.0. The van der Waals surface area contributed by atoms with Crippen molar-refractivity contribution in [3.63, 3.8) is 0 Å². The zero-order chi connectivity index (χ0) is 16.9. The number of nitrogens with one attached hydrogen (secondary N) is 1. The molecule has 0 fully saturated rings. The number of aliphatic imine (C=N–C) groups is 1. The van der Waals surface area contributed by atoms with E-state index in [-0.39, 0.29) is 36.6 Å². The summed E-state index contributed by atoms with van der Waals surface area (Å²) in [4.78, 5) is 4.30. The number of fused-ring (bicyclic) bond motifs is 1. The molecule has 25 heavy (non-hydrogen) atoms. The van der Waals surface area contributed by atoms with Crippen molar-refractivity contribution in [3.8, 4) is 5.75 Å². The van der Waals surface area contributed by atoms with E-state index in [0.29, 0.717) is 31.3 Å². The number of nitrogens with zero attached hydrogens (tertiary/aromatic N) is 1. The summed E-state index contributed by atoms with van der Waals surface area (Å²) in [5, 5.41) is 3.05. The molecule has 0 bridgehead atoms. The second-order valence-corrected chi connectivity index (χ2v) is 5.68. The van der Waals surface area contributed by atoms with Crippen molar-refractivity contribution in [3.05, 3.63) is 58.9 Å². The average molecular weight is 457 g/mol. The van der Waals surface area contributed by atoms with Gasteiger partial charge in [0.25, 0.3) is 0 Å². The first-order valence-electron chi connectivity index (χ1n) is 7.77. The molecule has 0 unspecified atom stereocenters. The standard InChI is InChI=1S/C18H20FN3O2.HI/c1-12-3-2-4-16(7-12)22-18(20)21-6-5-13-8-15(19)9-14-10-23-11-24-17(13)14;/h2-4,7-9H,5-6,10-11H2,1H3,(H3,20,21,22);1H. The molecule has 0 aliphatic carbocycles. The van der Waals surface area contributed by atoms with Gasteiger partial charge in [-0.25, -0.2) is 4.39 Å². The highest BCUT2D eigenvalue weighted by Crippen LogP contribution is 2.29. The molecular formula is C18H21FIN3O2. The number of rotatable bonds is 4. The summed E-state index contributed by atoms with van der Waals surface area (Å²) in [7, 11) is 0. The Morgan fingerprint density at radius 3 is 2.96 bits per heavy atom. The van der Waals surface area contributed by atoms with Gasteiger partial charge in [-0.15, -0.1) is 24.0 Å². The number of guanidine groups is 1. The third-order valence-electron chi connectivity index (χ3n) is 3.71. The number of nitrogens with two attached hydrogens (primary N) is 1. The summed E-state index contributed by atoms with van der Waals surface area (Å²) < 4.78 is 24.4. The van der Waals surface area contributed by atoms with Crippen LogP contribution in [0.4, 0.5) is 10.1 Å². The van der Waals surface area contributed by atoms with Crippen molar-refractivity contribution in [2.24, 2.45) is 10.7 Å². The van der Waals surface area contributed by atoms with Gasteiger partial charge in [0.15, 0.2) is 12.8 Å². The molecule has 0 amide bonds. The van der Waals surface area contributed by atoms with Crippen molar-refractivity contribution < 1.29 is 13.9 Å². The molecule has 1 aliphatic heterocycles. The molecule has 0 atom stereocenters. The summed E-state index contributed by atoms with van der Waals surface area (Å²) in [6.07, 6.45) is 0.538. The molecule has 134 valence electrons. The fraction of sp³-hybridized carbons (Fsp3) is 0.278. The van der Waals surface area contributed by atoms with Crippen LogP contribution in [0.2, 0.25) is 0 Å². The fourth-order valence-corrected chi connectivity index (χ4v) is 2.65. The Kier molecular flexibility index (Phi) is 7.01. The second kappa shape index (κ2) is 9.00. The molecule has 2 aromatic carbocycles.